The van der Waals surface area contributed by atoms with Crippen LogP contribution in [-0.2, 0) is 45.2 Å². The molecule has 0 N–H and O–H groups in total. The number of ether oxygens (including phenoxy) is 1. The van der Waals surface area contributed by atoms with E-state index in [2.05, 4.69) is 489 Å². The van der Waals surface area contributed by atoms with Crippen LogP contribution in [0.2, 0.25) is 0 Å². The molecular formula is C106H93B4F3O4SZr. The van der Waals surface area contributed by atoms with Gasteiger partial charge in [-0.2, -0.15) is 109 Å². The largest absolute Gasteiger partial charge is 4.00 e. The standard InChI is InChI=1S/4C24H20B.C6H5F3O3S.C4H8O.Zr/c4*1-5-13-21(14-6-1)25(22-15-7-2-8-16-22,23-17-9-3-10-18-23)24-19-11-4-12-20-24;7-6(8,9)13(10,11)12-5-3-1-2-4-5;1-2-4-5-3-1;/h4*1-20H;1-5H;1-4H2;/q4*-1;;;+4. The van der Waals surface area contributed by atoms with Gasteiger partial charge in [-0.3, -0.25) is 4.18 Å². The molecule has 1 fully saturated rings. The molecular weight excluding hydrogens is 1560 g/mol. The summed E-state index contributed by atoms with van der Waals surface area (Å²) in [6.45, 7) is 2.00. The predicted molar refractivity (Wildman–Crippen MR) is 498 cm³/mol. The molecule has 16 aromatic carbocycles. The van der Waals surface area contributed by atoms with Crippen LogP contribution in [0.15, 0.2) is 510 Å². The van der Waals surface area contributed by atoms with Crippen LogP contribution in [-0.4, -0.2) is 57.8 Å². The van der Waals surface area contributed by atoms with Gasteiger partial charge in [0.05, 0.1) is 0 Å². The van der Waals surface area contributed by atoms with E-state index in [-0.39, 0.29) is 26.2 Å². The third kappa shape index (κ3) is 20.2. The van der Waals surface area contributed by atoms with Gasteiger partial charge in [-0.15, -0.1) is 0 Å². The van der Waals surface area contributed by atoms with Crippen LogP contribution in [0.5, 0.6) is 0 Å². The Morgan fingerprint density at radius 3 is 0.437 bits per heavy atom. The number of hydrogen-bond acceptors (Lipinski definition) is 4. The van der Waals surface area contributed by atoms with E-state index in [1.54, 1.807) is 0 Å². The van der Waals surface area contributed by atoms with Gasteiger partial charge in [-0.25, -0.2) is 0 Å². The van der Waals surface area contributed by atoms with Crippen LogP contribution in [0.3, 0.4) is 0 Å². The Labute approximate surface area is 720 Å². The zero-order chi connectivity index (χ0) is 81.5. The van der Waals surface area contributed by atoms with Gasteiger partial charge in [0.1, 0.15) is 30.7 Å². The van der Waals surface area contributed by atoms with Crippen molar-refractivity contribution in [3.63, 3.8) is 0 Å². The minimum Gasteiger partial charge on any atom is -0.381 e. The van der Waals surface area contributed by atoms with E-state index < -0.39 is 46.3 Å². The molecule has 0 saturated carbocycles. The number of allylic oxidation sites excluding steroid dienone is 2. The average Bonchev–Trinajstić information content (AvgIpc) is 0.898. The summed E-state index contributed by atoms with van der Waals surface area (Å²) in [4.78, 5) is 0. The van der Waals surface area contributed by atoms with Crippen molar-refractivity contribution < 1.29 is 56.7 Å². The number of rotatable bonds is 18. The third-order valence-electron chi connectivity index (χ3n) is 22.9. The molecule has 1 aliphatic heterocycles. The molecule has 13 heteroatoms. The summed E-state index contributed by atoms with van der Waals surface area (Å²) >= 11 is 0. The first-order valence-electron chi connectivity index (χ1n) is 40.4. The summed E-state index contributed by atoms with van der Waals surface area (Å²) < 4.78 is 64.7. The summed E-state index contributed by atoms with van der Waals surface area (Å²) in [5.74, 6) is 0. The molecule has 119 heavy (non-hydrogen) atoms. The number of halogens is 3. The maximum atomic E-state index is 11.7. The molecule has 584 valence electrons. The molecule has 0 bridgehead atoms. The van der Waals surface area contributed by atoms with E-state index >= 15 is 0 Å². The topological polar surface area (TPSA) is 52.6 Å². The molecule has 0 amide bonds. The van der Waals surface area contributed by atoms with E-state index in [4.69, 9.17) is 4.74 Å². The van der Waals surface area contributed by atoms with Crippen molar-refractivity contribution in [1.29, 1.82) is 0 Å². The maximum absolute atomic E-state index is 11.7. The van der Waals surface area contributed by atoms with E-state index in [0.717, 1.165) is 13.2 Å². The average molecular weight is 1650 g/mol. The molecule has 0 atom stereocenters. The second-order valence-corrected chi connectivity index (χ2v) is 31.1. The monoisotopic (exact) mass is 1650 g/mol. The molecule has 0 aromatic heterocycles. The fraction of sp³-hybridized carbons (Fsp3) is 0.0566. The van der Waals surface area contributed by atoms with E-state index in [1.807, 2.05) is 0 Å². The van der Waals surface area contributed by atoms with Crippen LogP contribution in [0.1, 0.15) is 12.8 Å². The Morgan fingerprint density at radius 2 is 0.345 bits per heavy atom. The molecule has 4 nitrogen and oxygen atoms in total. The van der Waals surface area contributed by atoms with Crippen molar-refractivity contribution in [2.24, 2.45) is 0 Å². The Balaban J connectivity index is 0.000000136. The summed E-state index contributed by atoms with van der Waals surface area (Å²) in [6, 6.07) is 174. The second kappa shape index (κ2) is 42.8. The zero-order valence-electron chi connectivity index (χ0n) is 66.4. The second-order valence-electron chi connectivity index (χ2n) is 29.6. The smallest absolute Gasteiger partial charge is 0.381 e. The molecule has 18 rings (SSSR count). The molecule has 0 unspecified atom stereocenters. The van der Waals surface area contributed by atoms with Gasteiger partial charge in [0.25, 0.3) is 0 Å². The van der Waals surface area contributed by atoms with Crippen molar-refractivity contribution in [1.82, 2.24) is 0 Å². The van der Waals surface area contributed by atoms with Crippen LogP contribution >= 0.6 is 0 Å². The fourth-order valence-corrected chi connectivity index (χ4v) is 18.2. The number of hydrogen-bond donors (Lipinski definition) is 0. The van der Waals surface area contributed by atoms with Crippen LogP contribution in [0.25, 0.3) is 0 Å². The van der Waals surface area contributed by atoms with Crippen LogP contribution in [0, 0.1) is 0 Å². The molecule has 16 aromatic rings. The predicted octanol–water partition coefficient (Wildman–Crippen LogP) is 14.4. The van der Waals surface area contributed by atoms with Crippen molar-refractivity contribution in [3.8, 4) is 0 Å². The van der Waals surface area contributed by atoms with E-state index in [9.17, 15) is 21.6 Å². The minimum atomic E-state index is -5.48. The van der Waals surface area contributed by atoms with Gasteiger partial charge in [0.15, 0.2) is 0 Å². The normalized spacial score (nSPS) is 12.4. The summed E-state index contributed by atoms with van der Waals surface area (Å²) in [7, 11) is -5.48. The van der Waals surface area contributed by atoms with E-state index in [1.165, 1.54) is 125 Å². The molecule has 1 saturated heterocycles. The van der Waals surface area contributed by atoms with Crippen molar-refractivity contribution in [2.75, 3.05) is 13.2 Å². The Morgan fingerprint density at radius 1 is 0.227 bits per heavy atom. The molecule has 0 spiro atoms. The van der Waals surface area contributed by atoms with Gasteiger partial charge in [-0.1, -0.05) is 510 Å². The first-order valence-corrected chi connectivity index (χ1v) is 41.8. The summed E-state index contributed by atoms with van der Waals surface area (Å²) in [5, 5.41) is 0. The number of alkyl halides is 3. The van der Waals surface area contributed by atoms with Crippen LogP contribution < -0.4 is 87.4 Å². The Hall–Kier alpha value is -12.2. The van der Waals surface area contributed by atoms with Crippen LogP contribution in [0.4, 0.5) is 13.2 Å². The Kier molecular flexibility index (Phi) is 31.0. The maximum Gasteiger partial charge on any atom is 4.00 e. The third-order valence-corrected chi connectivity index (χ3v) is 23.9. The van der Waals surface area contributed by atoms with Crippen molar-refractivity contribution >= 4 is 122 Å². The molecule has 0 radical (unpaired) electrons. The fourth-order valence-electron chi connectivity index (χ4n) is 17.7. The zero-order valence-corrected chi connectivity index (χ0v) is 69.7. The van der Waals surface area contributed by atoms with Gasteiger partial charge >= 0.3 is 41.8 Å². The molecule has 2 aliphatic rings. The molecule has 1 aliphatic carbocycles. The molecule has 1 heterocycles. The van der Waals surface area contributed by atoms with Gasteiger partial charge in [-0.05, 0) is 12.8 Å². The van der Waals surface area contributed by atoms with Crippen molar-refractivity contribution in [3.05, 3.63) is 510 Å². The van der Waals surface area contributed by atoms with Gasteiger partial charge < -0.3 is 4.74 Å². The van der Waals surface area contributed by atoms with Gasteiger partial charge in [0.2, 0.25) is 0 Å². The Bertz CT molecular complexity index is 4450. The van der Waals surface area contributed by atoms with Gasteiger partial charge in [0, 0.05) is 13.2 Å². The van der Waals surface area contributed by atoms with Crippen molar-refractivity contribution in [2.45, 2.75) is 24.5 Å². The summed E-state index contributed by atoms with van der Waals surface area (Å²) in [5.41, 5.74) is 16.1. The minimum absolute atomic E-state index is 0. The first-order chi connectivity index (χ1) is 58.0. The van der Waals surface area contributed by atoms with E-state index in [0.29, 0.717) is 0 Å². The SMILES string of the molecule is C1CCOC1.O=S(=O)(OC1C=CC=C1)C(F)(F)F.[Zr+4].c1ccc([B-](c2ccccc2)(c2ccccc2)c2ccccc2)cc1.c1ccc([B-](c2ccccc2)(c2ccccc2)c2ccccc2)cc1.c1ccc([B-](c2ccccc2)(c2ccccc2)c2ccccc2)cc1.c1ccc([B-](c2ccccc2)(c2ccccc2)c2ccccc2)cc1. The summed E-state index contributed by atoms with van der Waals surface area (Å²) in [6.07, 6.45) is 1.74. The first kappa shape index (κ1) is 86.2. The quantitative estimate of drug-likeness (QED) is 0.0488. The number of benzene rings is 16.